The van der Waals surface area contributed by atoms with Gasteiger partial charge in [0.15, 0.2) is 11.6 Å². The van der Waals surface area contributed by atoms with Crippen LogP contribution in [0.5, 0.6) is 0 Å². The van der Waals surface area contributed by atoms with Gasteiger partial charge in [-0.05, 0) is 25.5 Å². The fraction of sp³-hybridized carbons (Fsp3) is 0.368. The molecule has 9 heteroatoms. The number of benzene rings is 1. The van der Waals surface area contributed by atoms with Crippen molar-refractivity contribution in [2.75, 3.05) is 19.6 Å². The van der Waals surface area contributed by atoms with E-state index in [2.05, 4.69) is 4.90 Å². The van der Waals surface area contributed by atoms with Gasteiger partial charge in [-0.25, -0.2) is 18.4 Å². The summed E-state index contributed by atoms with van der Waals surface area (Å²) in [5.41, 5.74) is 0.100. The van der Waals surface area contributed by atoms with Gasteiger partial charge in [-0.3, -0.25) is 4.90 Å². The van der Waals surface area contributed by atoms with E-state index in [-0.39, 0.29) is 0 Å². The van der Waals surface area contributed by atoms with Gasteiger partial charge in [0, 0.05) is 56.0 Å². The molecule has 0 radical (unpaired) electrons. The van der Waals surface area contributed by atoms with E-state index >= 15 is 0 Å². The van der Waals surface area contributed by atoms with Gasteiger partial charge in [0.05, 0.1) is 11.1 Å². The highest BCUT2D eigenvalue weighted by molar-refractivity contribution is 5.89. The third-order valence-corrected chi connectivity index (χ3v) is 4.37. The number of carboxylic acids is 2. The number of aliphatic carboxylic acids is 2. The summed E-state index contributed by atoms with van der Waals surface area (Å²) in [4.78, 5) is 21.3. The third kappa shape index (κ3) is 6.14. The molecule has 0 amide bonds. The van der Waals surface area contributed by atoms with Crippen LogP contribution in [0.3, 0.4) is 0 Å². The predicted octanol–water partition coefficient (Wildman–Crippen LogP) is 2.09. The van der Waals surface area contributed by atoms with Crippen molar-refractivity contribution in [3.63, 3.8) is 0 Å². The van der Waals surface area contributed by atoms with Gasteiger partial charge in [-0.15, -0.1) is 0 Å². The monoisotopic (exact) mass is 396 g/mol. The van der Waals surface area contributed by atoms with Crippen LogP contribution < -0.4 is 0 Å². The van der Waals surface area contributed by atoms with Crippen LogP contribution >= 0.6 is 0 Å². The maximum atomic E-state index is 13.3. The fourth-order valence-electron chi connectivity index (χ4n) is 3.00. The molecule has 1 aliphatic heterocycles. The van der Waals surface area contributed by atoms with E-state index in [1.165, 1.54) is 12.1 Å². The smallest absolute Gasteiger partial charge is 0.328 e. The summed E-state index contributed by atoms with van der Waals surface area (Å²) in [6.45, 7) is 4.87. The molecule has 1 saturated heterocycles. The van der Waals surface area contributed by atoms with E-state index in [4.69, 9.17) is 10.2 Å². The topological polar surface area (TPSA) is 103 Å². The largest absolute Gasteiger partial charge is 0.478 e. The van der Waals surface area contributed by atoms with Crippen LogP contribution in [0, 0.1) is 11.6 Å². The van der Waals surface area contributed by atoms with Crippen LogP contribution in [-0.2, 0) is 16.1 Å². The Kier molecular flexibility index (Phi) is 6.87. The number of carboxylic acid groups (broad SMARTS) is 2. The van der Waals surface area contributed by atoms with Crippen molar-refractivity contribution < 1.29 is 33.7 Å². The number of halogens is 2. The normalized spacial score (nSPS) is 19.7. The average Bonchev–Trinajstić information content (AvgIpc) is 3.14. The van der Waals surface area contributed by atoms with Crippen molar-refractivity contribution >= 4 is 22.8 Å². The maximum Gasteiger partial charge on any atom is 0.328 e. The number of aromatic nitrogens is 1. The Morgan fingerprint density at radius 3 is 2.29 bits per heavy atom. The zero-order valence-electron chi connectivity index (χ0n) is 15.3. The zero-order valence-corrected chi connectivity index (χ0v) is 15.3. The van der Waals surface area contributed by atoms with Crippen LogP contribution in [-0.4, -0.2) is 62.0 Å². The molecule has 1 aromatic carbocycles. The Balaban J connectivity index is 0.000000300. The number of likely N-dealkylation sites (tertiary alicyclic amines) is 1. The number of hydrogen-bond donors (Lipinski definition) is 3. The molecule has 0 saturated carbocycles. The van der Waals surface area contributed by atoms with Gasteiger partial charge in [0.1, 0.15) is 0 Å². The Morgan fingerprint density at radius 2 is 1.75 bits per heavy atom. The first kappa shape index (κ1) is 21.5. The van der Waals surface area contributed by atoms with Gasteiger partial charge < -0.3 is 19.9 Å². The molecule has 0 aliphatic carbocycles. The van der Waals surface area contributed by atoms with Crippen molar-refractivity contribution in [3.05, 3.63) is 48.2 Å². The molecule has 3 rings (SSSR count). The van der Waals surface area contributed by atoms with E-state index in [0.29, 0.717) is 36.1 Å². The van der Waals surface area contributed by atoms with E-state index < -0.39 is 29.2 Å². The average molecular weight is 396 g/mol. The van der Waals surface area contributed by atoms with Crippen LogP contribution in [0.1, 0.15) is 13.3 Å². The second-order valence-electron chi connectivity index (χ2n) is 6.87. The molecular weight excluding hydrogens is 374 g/mol. The molecule has 3 N–H and O–H groups in total. The summed E-state index contributed by atoms with van der Waals surface area (Å²) in [6, 6.07) is 4.25. The molecule has 0 bridgehead atoms. The van der Waals surface area contributed by atoms with Crippen LogP contribution in [0.25, 0.3) is 10.9 Å². The minimum Gasteiger partial charge on any atom is -0.478 e. The van der Waals surface area contributed by atoms with Gasteiger partial charge in [0.2, 0.25) is 0 Å². The van der Waals surface area contributed by atoms with Gasteiger partial charge in [0.25, 0.3) is 0 Å². The van der Waals surface area contributed by atoms with E-state index in [9.17, 15) is 23.5 Å². The summed E-state index contributed by atoms with van der Waals surface area (Å²) in [5.74, 6) is -4.15. The number of aliphatic hydroxyl groups is 1. The summed E-state index contributed by atoms with van der Waals surface area (Å²) in [7, 11) is 0. The lowest BCUT2D eigenvalue weighted by Gasteiger charge is -2.19. The first-order chi connectivity index (χ1) is 13.1. The second-order valence-corrected chi connectivity index (χ2v) is 6.87. The SMILES string of the molecule is CC1(O)CCN(CCn2ccc3cc(F)c(F)cc32)C1.O=C(O)/C=C/C(=O)O. The lowest BCUT2D eigenvalue weighted by Crippen LogP contribution is -2.31. The fourth-order valence-corrected chi connectivity index (χ4v) is 3.00. The first-order valence-electron chi connectivity index (χ1n) is 8.60. The van der Waals surface area contributed by atoms with Crippen molar-refractivity contribution in [2.45, 2.75) is 25.5 Å². The standard InChI is InChI=1S/C15H18F2N2O.C4H4O4/c1-15(20)3-5-18(10-15)6-7-19-4-2-11-8-12(16)13(17)9-14(11)19;5-3(6)1-2-4(7)8/h2,4,8-9,20H,3,5-7,10H2,1H3;1-2H,(H,5,6)(H,7,8)/b;2-1+. The molecule has 1 aliphatic rings. The molecule has 1 atom stereocenters. The predicted molar refractivity (Wildman–Crippen MR) is 97.9 cm³/mol. The van der Waals surface area contributed by atoms with Gasteiger partial charge in [-0.2, -0.15) is 0 Å². The van der Waals surface area contributed by atoms with Crippen LogP contribution in [0.15, 0.2) is 36.5 Å². The second kappa shape index (κ2) is 8.94. The molecular formula is C19H22F2N2O5. The molecule has 152 valence electrons. The number of carbonyl (C=O) groups is 2. The molecule has 1 unspecified atom stereocenters. The highest BCUT2D eigenvalue weighted by Gasteiger charge is 2.30. The Bertz CT molecular complexity index is 876. The summed E-state index contributed by atoms with van der Waals surface area (Å²) < 4.78 is 28.4. The van der Waals surface area contributed by atoms with Crippen molar-refractivity contribution in [1.29, 1.82) is 0 Å². The van der Waals surface area contributed by atoms with Gasteiger partial charge >= 0.3 is 11.9 Å². The summed E-state index contributed by atoms with van der Waals surface area (Å²) >= 11 is 0. The van der Waals surface area contributed by atoms with E-state index in [0.717, 1.165) is 19.5 Å². The molecule has 2 aromatic rings. The number of rotatable bonds is 5. The minimum atomic E-state index is -1.26. The lowest BCUT2D eigenvalue weighted by molar-refractivity contribution is -0.134. The summed E-state index contributed by atoms with van der Waals surface area (Å²) in [6.07, 6.45) is 3.74. The zero-order chi connectivity index (χ0) is 20.9. The number of β-amino-alcohol motifs (C(OH)–C–C–N with tert-alkyl or cyclic N) is 1. The van der Waals surface area contributed by atoms with Gasteiger partial charge in [-0.1, -0.05) is 0 Å². The van der Waals surface area contributed by atoms with Crippen LogP contribution in [0.2, 0.25) is 0 Å². The van der Waals surface area contributed by atoms with E-state index in [1.807, 2.05) is 17.7 Å². The molecule has 1 fully saturated rings. The number of hydrogen-bond acceptors (Lipinski definition) is 4. The number of nitrogens with zero attached hydrogens (tertiary/aromatic N) is 2. The number of fused-ring (bicyclic) bond motifs is 1. The van der Waals surface area contributed by atoms with Crippen molar-refractivity contribution in [2.24, 2.45) is 0 Å². The molecule has 28 heavy (non-hydrogen) atoms. The van der Waals surface area contributed by atoms with Crippen LogP contribution in [0.4, 0.5) is 8.78 Å². The summed E-state index contributed by atoms with van der Waals surface area (Å²) in [5, 5.41) is 26.3. The lowest BCUT2D eigenvalue weighted by atomic mass is 10.1. The quantitative estimate of drug-likeness (QED) is 0.669. The maximum absolute atomic E-state index is 13.3. The Morgan fingerprint density at radius 1 is 1.14 bits per heavy atom. The minimum absolute atomic E-state index is 0.558. The van der Waals surface area contributed by atoms with E-state index in [1.54, 1.807) is 6.07 Å². The molecule has 2 heterocycles. The molecule has 1 aromatic heterocycles. The highest BCUT2D eigenvalue weighted by Crippen LogP contribution is 2.22. The Labute approximate surface area is 160 Å². The first-order valence-corrected chi connectivity index (χ1v) is 8.60. The van der Waals surface area contributed by atoms with Crippen molar-refractivity contribution in [3.8, 4) is 0 Å². The molecule has 0 spiro atoms. The highest BCUT2D eigenvalue weighted by atomic mass is 19.2. The third-order valence-electron chi connectivity index (χ3n) is 4.37. The Hall–Kier alpha value is -2.78. The van der Waals surface area contributed by atoms with Crippen molar-refractivity contribution in [1.82, 2.24) is 9.47 Å². The molecule has 7 nitrogen and oxygen atoms in total.